The van der Waals surface area contributed by atoms with E-state index in [1.165, 1.54) is 6.42 Å². The van der Waals surface area contributed by atoms with Crippen molar-refractivity contribution in [1.29, 1.82) is 0 Å². The van der Waals surface area contributed by atoms with Gasteiger partial charge in [-0.25, -0.2) is 0 Å². The van der Waals surface area contributed by atoms with Crippen molar-refractivity contribution >= 4 is 23.2 Å². The molecule has 1 aromatic rings. The van der Waals surface area contributed by atoms with Crippen molar-refractivity contribution in [2.24, 2.45) is 10.8 Å². The van der Waals surface area contributed by atoms with Crippen LogP contribution < -0.4 is 11.1 Å². The van der Waals surface area contributed by atoms with E-state index in [2.05, 4.69) is 33.0 Å². The molecular weight excluding hydrogens is 284 g/mol. The lowest BCUT2D eigenvalue weighted by molar-refractivity contribution is 0.0714. The van der Waals surface area contributed by atoms with E-state index in [1.54, 1.807) is 18.2 Å². The summed E-state index contributed by atoms with van der Waals surface area (Å²) in [6.07, 6.45) is 3.17. The van der Waals surface area contributed by atoms with Crippen LogP contribution in [0.15, 0.2) is 18.2 Å². The number of anilines is 1. The summed E-state index contributed by atoms with van der Waals surface area (Å²) in [4.78, 5) is 12.4. The average Bonchev–Trinajstić information content (AvgIpc) is 2.23. The number of benzene rings is 1. The third-order valence-corrected chi connectivity index (χ3v) is 4.44. The van der Waals surface area contributed by atoms with Crippen LogP contribution >= 0.6 is 11.6 Å². The molecule has 0 aromatic heterocycles. The summed E-state index contributed by atoms with van der Waals surface area (Å²) < 4.78 is 0. The van der Waals surface area contributed by atoms with Crippen molar-refractivity contribution in [2.75, 3.05) is 5.73 Å². The first-order valence-electron chi connectivity index (χ1n) is 7.44. The Morgan fingerprint density at radius 2 is 1.81 bits per heavy atom. The van der Waals surface area contributed by atoms with Gasteiger partial charge in [0, 0.05) is 11.7 Å². The molecule has 0 heterocycles. The van der Waals surface area contributed by atoms with Crippen LogP contribution in [0.1, 0.15) is 57.3 Å². The Hall–Kier alpha value is -1.22. The van der Waals surface area contributed by atoms with Gasteiger partial charge in [0.05, 0.1) is 10.6 Å². The Labute approximate surface area is 132 Å². The molecule has 116 valence electrons. The number of nitrogens with one attached hydrogen (secondary N) is 1. The zero-order valence-electron chi connectivity index (χ0n) is 13.3. The van der Waals surface area contributed by atoms with Gasteiger partial charge in [-0.15, -0.1) is 0 Å². The number of halogens is 1. The summed E-state index contributed by atoms with van der Waals surface area (Å²) in [6.45, 7) is 9.07. The zero-order valence-corrected chi connectivity index (χ0v) is 14.1. The minimum Gasteiger partial charge on any atom is -0.399 e. The molecule has 2 rings (SSSR count). The molecule has 1 saturated carbocycles. The number of amides is 1. The Balaban J connectivity index is 2.12. The molecule has 1 aliphatic rings. The summed E-state index contributed by atoms with van der Waals surface area (Å²) in [7, 11) is 0. The van der Waals surface area contributed by atoms with Crippen molar-refractivity contribution in [1.82, 2.24) is 5.32 Å². The van der Waals surface area contributed by atoms with E-state index in [9.17, 15) is 4.79 Å². The third-order valence-electron chi connectivity index (χ3n) is 4.13. The summed E-state index contributed by atoms with van der Waals surface area (Å²) in [5.41, 5.74) is 7.21. The predicted octanol–water partition coefficient (Wildman–Crippen LogP) is 4.26. The van der Waals surface area contributed by atoms with E-state index in [1.807, 2.05) is 0 Å². The molecule has 0 radical (unpaired) electrons. The third kappa shape index (κ3) is 4.13. The molecule has 3 N–H and O–H groups in total. The summed E-state index contributed by atoms with van der Waals surface area (Å²) in [6, 6.07) is 5.19. The van der Waals surface area contributed by atoms with Gasteiger partial charge in [-0.05, 0) is 48.3 Å². The van der Waals surface area contributed by atoms with Gasteiger partial charge in [0.25, 0.3) is 5.91 Å². The van der Waals surface area contributed by atoms with Crippen LogP contribution in [0, 0.1) is 10.8 Å². The summed E-state index contributed by atoms with van der Waals surface area (Å²) in [5.74, 6) is -0.112. The molecule has 0 bridgehead atoms. The van der Waals surface area contributed by atoms with Gasteiger partial charge in [0.15, 0.2) is 0 Å². The lowest BCUT2D eigenvalue weighted by atomic mass is 9.63. The van der Waals surface area contributed by atoms with E-state index < -0.39 is 0 Å². The zero-order chi connectivity index (χ0) is 15.8. The Bertz CT molecular complexity index is 536. The molecule has 3 nitrogen and oxygen atoms in total. The van der Waals surface area contributed by atoms with Crippen molar-refractivity contribution in [2.45, 2.75) is 53.0 Å². The Kier molecular flexibility index (Phi) is 4.25. The topological polar surface area (TPSA) is 55.1 Å². The van der Waals surface area contributed by atoms with Crippen LogP contribution in [0.25, 0.3) is 0 Å². The minimum atomic E-state index is -0.112. The number of carbonyl (C=O) groups excluding carboxylic acids is 1. The van der Waals surface area contributed by atoms with E-state index in [-0.39, 0.29) is 22.8 Å². The number of nitrogens with two attached hydrogens (primary N) is 1. The van der Waals surface area contributed by atoms with Crippen molar-refractivity contribution in [3.63, 3.8) is 0 Å². The molecule has 1 fully saturated rings. The SMILES string of the molecule is CC1(C)CC(NC(=O)c2ccc(N)cc2Cl)CC(C)(C)C1. The molecular formula is C17H25ClN2O. The maximum atomic E-state index is 12.4. The number of nitrogen functional groups attached to an aromatic ring is 1. The molecule has 1 amide bonds. The first-order valence-corrected chi connectivity index (χ1v) is 7.82. The molecule has 0 atom stereocenters. The fourth-order valence-electron chi connectivity index (χ4n) is 3.93. The summed E-state index contributed by atoms with van der Waals surface area (Å²) >= 11 is 6.11. The van der Waals surface area contributed by atoms with Crippen LogP contribution in [0.3, 0.4) is 0 Å². The van der Waals surface area contributed by atoms with E-state index in [0.717, 1.165) is 12.8 Å². The predicted molar refractivity (Wildman–Crippen MR) is 88.5 cm³/mol. The molecule has 0 aliphatic heterocycles. The van der Waals surface area contributed by atoms with E-state index in [0.29, 0.717) is 16.3 Å². The van der Waals surface area contributed by atoms with Gasteiger partial charge in [0.2, 0.25) is 0 Å². The lowest BCUT2D eigenvalue weighted by Gasteiger charge is -2.45. The standard InChI is InChI=1S/C17H25ClN2O/c1-16(2)8-12(9-17(3,4)10-16)20-15(21)13-6-5-11(19)7-14(13)18/h5-7,12H,8-10,19H2,1-4H3,(H,20,21). The first kappa shape index (κ1) is 16.2. The maximum absolute atomic E-state index is 12.4. The number of hydrogen-bond donors (Lipinski definition) is 2. The monoisotopic (exact) mass is 308 g/mol. The molecule has 0 unspecified atom stereocenters. The highest BCUT2D eigenvalue weighted by molar-refractivity contribution is 6.34. The van der Waals surface area contributed by atoms with Crippen LogP contribution in [-0.4, -0.2) is 11.9 Å². The Morgan fingerprint density at radius 3 is 2.33 bits per heavy atom. The van der Waals surface area contributed by atoms with Crippen LogP contribution in [0.5, 0.6) is 0 Å². The van der Waals surface area contributed by atoms with Crippen molar-refractivity contribution in [3.05, 3.63) is 28.8 Å². The highest BCUT2D eigenvalue weighted by Gasteiger charge is 2.39. The van der Waals surface area contributed by atoms with Crippen molar-refractivity contribution < 1.29 is 4.79 Å². The maximum Gasteiger partial charge on any atom is 0.253 e. The fourth-order valence-corrected chi connectivity index (χ4v) is 4.20. The summed E-state index contributed by atoms with van der Waals surface area (Å²) in [5, 5.41) is 3.55. The van der Waals surface area contributed by atoms with E-state index >= 15 is 0 Å². The van der Waals surface area contributed by atoms with Crippen LogP contribution in [-0.2, 0) is 0 Å². The van der Waals surface area contributed by atoms with Crippen LogP contribution in [0.2, 0.25) is 5.02 Å². The van der Waals surface area contributed by atoms with Gasteiger partial charge < -0.3 is 11.1 Å². The molecule has 0 spiro atoms. The largest absolute Gasteiger partial charge is 0.399 e. The highest BCUT2D eigenvalue weighted by atomic mass is 35.5. The second kappa shape index (κ2) is 5.53. The van der Waals surface area contributed by atoms with Gasteiger partial charge in [-0.2, -0.15) is 0 Å². The number of hydrogen-bond acceptors (Lipinski definition) is 2. The normalized spacial score (nSPS) is 21.0. The average molecular weight is 309 g/mol. The van der Waals surface area contributed by atoms with Crippen LogP contribution in [0.4, 0.5) is 5.69 Å². The van der Waals surface area contributed by atoms with Crippen molar-refractivity contribution in [3.8, 4) is 0 Å². The fraction of sp³-hybridized carbons (Fsp3) is 0.588. The Morgan fingerprint density at radius 1 is 1.24 bits per heavy atom. The minimum absolute atomic E-state index is 0.112. The lowest BCUT2D eigenvalue weighted by Crippen LogP contribution is -2.46. The molecule has 1 aromatic carbocycles. The van der Waals surface area contributed by atoms with Gasteiger partial charge >= 0.3 is 0 Å². The number of rotatable bonds is 2. The quantitative estimate of drug-likeness (QED) is 0.802. The smallest absolute Gasteiger partial charge is 0.253 e. The van der Waals surface area contributed by atoms with Gasteiger partial charge in [-0.1, -0.05) is 39.3 Å². The second-order valence-electron chi connectivity index (χ2n) is 7.82. The first-order chi connectivity index (χ1) is 9.58. The second-order valence-corrected chi connectivity index (χ2v) is 8.23. The molecule has 4 heteroatoms. The molecule has 21 heavy (non-hydrogen) atoms. The molecule has 1 aliphatic carbocycles. The number of carbonyl (C=O) groups is 1. The molecule has 0 saturated heterocycles. The van der Waals surface area contributed by atoms with Gasteiger partial charge in [-0.3, -0.25) is 4.79 Å². The van der Waals surface area contributed by atoms with E-state index in [4.69, 9.17) is 17.3 Å². The highest BCUT2D eigenvalue weighted by Crippen LogP contribution is 2.45. The van der Waals surface area contributed by atoms with Gasteiger partial charge in [0.1, 0.15) is 0 Å².